The summed E-state index contributed by atoms with van der Waals surface area (Å²) in [5, 5.41) is 6.95. The van der Waals surface area contributed by atoms with Crippen LogP contribution in [0.5, 0.6) is 0 Å². The van der Waals surface area contributed by atoms with Crippen LogP contribution in [0.1, 0.15) is 74.0 Å². The van der Waals surface area contributed by atoms with Gasteiger partial charge in [0.2, 0.25) is 5.91 Å². The molecule has 4 heterocycles. The minimum atomic E-state index is -0.353. The number of hydrogen-bond acceptors (Lipinski definition) is 5. The van der Waals surface area contributed by atoms with Gasteiger partial charge in [0.25, 0.3) is 0 Å². The number of H-pyrrole nitrogens is 1. The summed E-state index contributed by atoms with van der Waals surface area (Å²) in [6.45, 7) is 3.94. The number of nitrogens with zero attached hydrogens (tertiary/aromatic N) is 3. The molecule has 146 valence electrons. The van der Waals surface area contributed by atoms with Crippen molar-refractivity contribution in [3.05, 3.63) is 17.5 Å². The van der Waals surface area contributed by atoms with Crippen LogP contribution in [0.15, 0.2) is 6.20 Å². The smallest absolute Gasteiger partial charge is 0.356 e. The molecule has 0 radical (unpaired) electrons. The van der Waals surface area contributed by atoms with Crippen LogP contribution in [-0.2, 0) is 9.53 Å². The molecular weight excluding hydrogens is 344 g/mol. The minimum Gasteiger partial charge on any atom is -0.461 e. The largest absolute Gasteiger partial charge is 0.461 e. The number of amides is 1. The van der Waals surface area contributed by atoms with E-state index in [1.165, 1.54) is 12.8 Å². The lowest BCUT2D eigenvalue weighted by Gasteiger charge is -2.34. The topological polar surface area (TPSA) is 78.5 Å². The average molecular weight is 372 g/mol. The van der Waals surface area contributed by atoms with Gasteiger partial charge in [-0.2, -0.15) is 5.10 Å². The maximum Gasteiger partial charge on any atom is 0.356 e. The molecule has 1 spiro atoms. The SMILES string of the molecule is CCOC(=O)c1[nH]ncc1[C@@H]1C[C@H]2CN(C3CCCC3)C(=O)[C@]23CCCN13. The van der Waals surface area contributed by atoms with Crippen LogP contribution >= 0.6 is 0 Å². The standard InChI is InChI=1S/C20H28N4O3/c1-2-27-18(25)17-15(11-21-22-17)16-10-13-12-23(14-6-3-4-7-14)19(26)20(13)8-5-9-24(16)20/h11,13-14,16H,2-10,12H2,1H3,(H,21,22)/t13-,16-,20-/m0/s1. The van der Waals surface area contributed by atoms with Crippen molar-refractivity contribution in [2.24, 2.45) is 5.92 Å². The normalized spacial score (nSPS) is 33.7. The van der Waals surface area contributed by atoms with Crippen molar-refractivity contribution in [3.8, 4) is 0 Å². The number of aromatic nitrogens is 2. The Balaban J connectivity index is 1.45. The van der Waals surface area contributed by atoms with E-state index in [0.717, 1.165) is 50.8 Å². The van der Waals surface area contributed by atoms with E-state index >= 15 is 0 Å². The molecule has 1 aromatic rings. The first-order chi connectivity index (χ1) is 13.2. The maximum atomic E-state index is 13.6. The second-order valence-electron chi connectivity index (χ2n) is 8.49. The number of likely N-dealkylation sites (tertiary alicyclic amines) is 1. The highest BCUT2D eigenvalue weighted by Gasteiger charge is 2.66. The van der Waals surface area contributed by atoms with E-state index in [-0.39, 0.29) is 17.6 Å². The Bertz CT molecular complexity index is 756. The highest BCUT2D eigenvalue weighted by molar-refractivity contribution is 5.91. The summed E-state index contributed by atoms with van der Waals surface area (Å²) in [5.74, 6) is 0.345. The fourth-order valence-corrected chi connectivity index (χ4v) is 6.27. The first-order valence-electron chi connectivity index (χ1n) is 10.4. The summed E-state index contributed by atoms with van der Waals surface area (Å²) in [5.41, 5.74) is 0.990. The predicted octanol–water partition coefficient (Wildman–Crippen LogP) is 2.27. The second kappa shape index (κ2) is 6.33. The van der Waals surface area contributed by atoms with Crippen molar-refractivity contribution in [2.45, 2.75) is 69.5 Å². The Morgan fingerprint density at radius 2 is 2.19 bits per heavy atom. The Kier molecular flexibility index (Phi) is 4.04. The Hall–Kier alpha value is -1.89. The third-order valence-electron chi connectivity index (χ3n) is 7.35. The Labute approximate surface area is 159 Å². The fraction of sp³-hybridized carbons (Fsp3) is 0.750. The molecule has 7 nitrogen and oxygen atoms in total. The molecule has 7 heteroatoms. The summed E-state index contributed by atoms with van der Waals surface area (Å²) in [6, 6.07) is 0.521. The summed E-state index contributed by atoms with van der Waals surface area (Å²) < 4.78 is 5.19. The lowest BCUT2D eigenvalue weighted by atomic mass is 9.85. The van der Waals surface area contributed by atoms with E-state index in [4.69, 9.17) is 4.74 Å². The van der Waals surface area contributed by atoms with E-state index in [0.29, 0.717) is 30.2 Å². The van der Waals surface area contributed by atoms with E-state index in [1.54, 1.807) is 13.1 Å². The zero-order valence-corrected chi connectivity index (χ0v) is 15.9. The maximum absolute atomic E-state index is 13.6. The lowest BCUT2D eigenvalue weighted by molar-refractivity contribution is -0.138. The fourth-order valence-electron chi connectivity index (χ4n) is 6.27. The van der Waals surface area contributed by atoms with Crippen molar-refractivity contribution >= 4 is 11.9 Å². The van der Waals surface area contributed by atoms with Crippen LogP contribution < -0.4 is 0 Å². The number of hydrogen-bond donors (Lipinski definition) is 1. The third-order valence-corrected chi connectivity index (χ3v) is 7.35. The van der Waals surface area contributed by atoms with Gasteiger partial charge in [0.1, 0.15) is 11.2 Å². The number of carbonyl (C=O) groups excluding carboxylic acids is 2. The van der Waals surface area contributed by atoms with Gasteiger partial charge >= 0.3 is 5.97 Å². The molecule has 5 rings (SSSR count). The molecule has 1 amide bonds. The van der Waals surface area contributed by atoms with Crippen LogP contribution in [0.3, 0.4) is 0 Å². The average Bonchev–Trinajstić information content (AvgIpc) is 3.44. The van der Waals surface area contributed by atoms with Gasteiger partial charge in [-0.1, -0.05) is 12.8 Å². The number of ether oxygens (including phenoxy) is 1. The number of rotatable bonds is 4. The molecule has 0 unspecified atom stereocenters. The van der Waals surface area contributed by atoms with Crippen LogP contribution in [0.2, 0.25) is 0 Å². The molecular formula is C20H28N4O3. The highest BCUT2D eigenvalue weighted by Crippen LogP contribution is 2.57. The predicted molar refractivity (Wildman–Crippen MR) is 98.0 cm³/mol. The summed E-state index contributed by atoms with van der Waals surface area (Å²) in [7, 11) is 0. The quantitative estimate of drug-likeness (QED) is 0.821. The number of esters is 1. The van der Waals surface area contributed by atoms with Crippen LogP contribution in [-0.4, -0.2) is 63.2 Å². The number of nitrogens with one attached hydrogen (secondary N) is 1. The van der Waals surface area contributed by atoms with Gasteiger partial charge in [0.15, 0.2) is 0 Å². The van der Waals surface area contributed by atoms with E-state index in [1.807, 2.05) is 0 Å². The zero-order valence-electron chi connectivity index (χ0n) is 15.9. The summed E-state index contributed by atoms with van der Waals surface area (Å²) in [6.07, 6.45) is 9.48. The molecule has 1 N–H and O–H groups in total. The third kappa shape index (κ3) is 2.33. The highest BCUT2D eigenvalue weighted by atomic mass is 16.5. The number of aromatic amines is 1. The van der Waals surface area contributed by atoms with Gasteiger partial charge in [-0.3, -0.25) is 14.8 Å². The van der Waals surface area contributed by atoms with E-state index in [9.17, 15) is 9.59 Å². The van der Waals surface area contributed by atoms with Crippen molar-refractivity contribution in [2.75, 3.05) is 19.7 Å². The monoisotopic (exact) mass is 372 g/mol. The Morgan fingerprint density at radius 1 is 1.37 bits per heavy atom. The molecule has 1 saturated carbocycles. The molecule has 0 aromatic carbocycles. The van der Waals surface area contributed by atoms with Crippen LogP contribution in [0.4, 0.5) is 0 Å². The lowest BCUT2D eigenvalue weighted by Crippen LogP contribution is -2.51. The Morgan fingerprint density at radius 3 is 2.96 bits per heavy atom. The molecule has 3 atom stereocenters. The van der Waals surface area contributed by atoms with Crippen LogP contribution in [0, 0.1) is 5.92 Å². The van der Waals surface area contributed by atoms with Gasteiger partial charge < -0.3 is 9.64 Å². The summed E-state index contributed by atoms with van der Waals surface area (Å²) >= 11 is 0. The molecule has 4 fully saturated rings. The van der Waals surface area contributed by atoms with Gasteiger partial charge in [0.05, 0.1) is 12.8 Å². The molecule has 0 bridgehead atoms. The first-order valence-corrected chi connectivity index (χ1v) is 10.4. The molecule has 27 heavy (non-hydrogen) atoms. The van der Waals surface area contributed by atoms with Crippen molar-refractivity contribution < 1.29 is 14.3 Å². The zero-order chi connectivity index (χ0) is 18.6. The number of carbonyl (C=O) groups is 2. The van der Waals surface area contributed by atoms with Gasteiger partial charge in [-0.15, -0.1) is 0 Å². The van der Waals surface area contributed by atoms with Crippen molar-refractivity contribution in [1.82, 2.24) is 20.0 Å². The van der Waals surface area contributed by atoms with E-state index < -0.39 is 0 Å². The van der Waals surface area contributed by atoms with Crippen molar-refractivity contribution in [3.63, 3.8) is 0 Å². The minimum absolute atomic E-state index is 0.0744. The first kappa shape index (κ1) is 17.2. The molecule has 3 aliphatic heterocycles. The van der Waals surface area contributed by atoms with Gasteiger partial charge in [-0.25, -0.2) is 4.79 Å². The molecule has 4 aliphatic rings. The molecule has 1 aromatic heterocycles. The van der Waals surface area contributed by atoms with Gasteiger partial charge in [-0.05, 0) is 45.6 Å². The second-order valence-corrected chi connectivity index (χ2v) is 8.49. The van der Waals surface area contributed by atoms with Crippen molar-refractivity contribution in [1.29, 1.82) is 0 Å². The molecule has 1 aliphatic carbocycles. The van der Waals surface area contributed by atoms with Crippen LogP contribution in [0.25, 0.3) is 0 Å². The summed E-state index contributed by atoms with van der Waals surface area (Å²) in [4.78, 5) is 30.5. The van der Waals surface area contributed by atoms with Gasteiger partial charge in [0, 0.05) is 30.1 Å². The molecule has 3 saturated heterocycles. The van der Waals surface area contributed by atoms with E-state index in [2.05, 4.69) is 20.0 Å².